The molecule has 0 spiro atoms. The van der Waals surface area contributed by atoms with Gasteiger partial charge in [0.05, 0.1) is 23.2 Å². The molecule has 2 heterocycles. The lowest BCUT2D eigenvalue weighted by Gasteiger charge is -2.39. The predicted octanol–water partition coefficient (Wildman–Crippen LogP) is 2.75. The molecule has 0 aromatic heterocycles. The van der Waals surface area contributed by atoms with Crippen molar-refractivity contribution in [3.05, 3.63) is 28.3 Å². The Hall–Kier alpha value is -2.64. The fourth-order valence-electron chi connectivity index (χ4n) is 5.50. The maximum absolute atomic E-state index is 13.1. The molecule has 4 rings (SSSR count). The van der Waals surface area contributed by atoms with Crippen molar-refractivity contribution in [3.8, 4) is 5.75 Å². The van der Waals surface area contributed by atoms with E-state index in [1.165, 1.54) is 12.1 Å². The number of likely N-dealkylation sites (tertiary alicyclic amines) is 1. The molecular weight excluding hydrogens is 362 g/mol. The Morgan fingerprint density at radius 1 is 1.32 bits per heavy atom. The molecule has 1 aromatic rings. The minimum Gasteiger partial charge on any atom is -0.423 e. The van der Waals surface area contributed by atoms with E-state index in [1.54, 1.807) is 11.0 Å². The van der Waals surface area contributed by atoms with Crippen molar-refractivity contribution in [2.45, 2.75) is 46.1 Å². The summed E-state index contributed by atoms with van der Waals surface area (Å²) in [4.78, 5) is 39.2. The van der Waals surface area contributed by atoms with Crippen LogP contribution in [0.1, 0.15) is 40.0 Å². The van der Waals surface area contributed by atoms with Crippen LogP contribution >= 0.6 is 0 Å². The molecule has 2 bridgehead atoms. The van der Waals surface area contributed by atoms with E-state index in [2.05, 4.69) is 20.8 Å². The second-order valence-electron chi connectivity index (χ2n) is 9.47. The van der Waals surface area contributed by atoms with Gasteiger partial charge in [-0.05, 0) is 36.2 Å². The SMILES string of the molecule is CC1(C)CC2CC(C)(CN2C(=O)CN2CC(=O)Oc3cc([N+](=O)[O-])ccc32)C1. The minimum atomic E-state index is -0.537. The van der Waals surface area contributed by atoms with E-state index in [1.807, 2.05) is 4.90 Å². The molecule has 0 N–H and O–H groups in total. The quantitative estimate of drug-likeness (QED) is 0.343. The molecule has 1 saturated heterocycles. The monoisotopic (exact) mass is 387 g/mol. The van der Waals surface area contributed by atoms with Crippen LogP contribution in [-0.4, -0.2) is 47.4 Å². The maximum Gasteiger partial charge on any atom is 0.331 e. The van der Waals surface area contributed by atoms with Gasteiger partial charge in [-0.2, -0.15) is 0 Å². The zero-order valence-electron chi connectivity index (χ0n) is 16.4. The van der Waals surface area contributed by atoms with Gasteiger partial charge in [-0.15, -0.1) is 0 Å². The summed E-state index contributed by atoms with van der Waals surface area (Å²) in [6.45, 7) is 7.53. The predicted molar refractivity (Wildman–Crippen MR) is 102 cm³/mol. The Kier molecular flexibility index (Phi) is 4.13. The van der Waals surface area contributed by atoms with E-state index in [0.29, 0.717) is 5.69 Å². The van der Waals surface area contributed by atoms with Crippen LogP contribution in [0.4, 0.5) is 11.4 Å². The number of nitrogens with zero attached hydrogens (tertiary/aromatic N) is 3. The first kappa shape index (κ1) is 18.7. The number of ether oxygens (including phenoxy) is 1. The van der Waals surface area contributed by atoms with Gasteiger partial charge in [0.25, 0.3) is 5.69 Å². The summed E-state index contributed by atoms with van der Waals surface area (Å²) < 4.78 is 5.16. The first-order chi connectivity index (χ1) is 13.1. The van der Waals surface area contributed by atoms with Gasteiger partial charge in [-0.25, -0.2) is 4.79 Å². The van der Waals surface area contributed by atoms with Crippen molar-refractivity contribution in [2.24, 2.45) is 10.8 Å². The number of amides is 1. The number of carbonyl (C=O) groups is 2. The Morgan fingerprint density at radius 2 is 2.07 bits per heavy atom. The third-order valence-corrected chi connectivity index (χ3v) is 6.10. The highest BCUT2D eigenvalue weighted by Gasteiger charge is 2.51. The third-order valence-electron chi connectivity index (χ3n) is 6.10. The first-order valence-corrected chi connectivity index (χ1v) is 9.59. The summed E-state index contributed by atoms with van der Waals surface area (Å²) in [6.07, 6.45) is 3.11. The number of nitro benzene ring substituents is 1. The van der Waals surface area contributed by atoms with Crippen LogP contribution in [0.2, 0.25) is 0 Å². The molecule has 3 aliphatic rings. The largest absolute Gasteiger partial charge is 0.423 e. The minimum absolute atomic E-state index is 0.00886. The summed E-state index contributed by atoms with van der Waals surface area (Å²) in [7, 11) is 0. The van der Waals surface area contributed by atoms with Gasteiger partial charge in [-0.3, -0.25) is 14.9 Å². The average Bonchev–Trinajstić information content (AvgIpc) is 2.82. The van der Waals surface area contributed by atoms with E-state index >= 15 is 0 Å². The molecule has 150 valence electrons. The highest BCUT2D eigenvalue weighted by molar-refractivity contribution is 5.90. The Bertz CT molecular complexity index is 867. The average molecular weight is 387 g/mol. The standard InChI is InChI=1S/C20H25N3O5/c1-19(2)7-14-8-20(3,11-19)12-22(14)17(24)9-21-10-18(25)28-16-6-13(23(26)27)4-5-15(16)21/h4-6,14H,7-12H2,1-3H3. The molecule has 1 aromatic carbocycles. The Labute approximate surface area is 163 Å². The van der Waals surface area contributed by atoms with Gasteiger partial charge in [0.15, 0.2) is 5.75 Å². The van der Waals surface area contributed by atoms with Crippen molar-refractivity contribution >= 4 is 23.3 Å². The lowest BCUT2D eigenvalue weighted by Crippen LogP contribution is -2.46. The number of esters is 1. The fourth-order valence-corrected chi connectivity index (χ4v) is 5.50. The summed E-state index contributed by atoms with van der Waals surface area (Å²) in [5.74, 6) is -0.397. The van der Waals surface area contributed by atoms with Crippen LogP contribution in [-0.2, 0) is 9.59 Å². The van der Waals surface area contributed by atoms with Crippen LogP contribution < -0.4 is 9.64 Å². The number of hydrogen-bond acceptors (Lipinski definition) is 6. The van der Waals surface area contributed by atoms with Gasteiger partial charge in [0.1, 0.15) is 6.54 Å². The van der Waals surface area contributed by atoms with Crippen LogP contribution in [0, 0.1) is 20.9 Å². The summed E-state index contributed by atoms with van der Waals surface area (Å²) in [6, 6.07) is 4.37. The van der Waals surface area contributed by atoms with Gasteiger partial charge in [0, 0.05) is 18.7 Å². The van der Waals surface area contributed by atoms with E-state index in [9.17, 15) is 19.7 Å². The van der Waals surface area contributed by atoms with Crippen LogP contribution in [0.15, 0.2) is 18.2 Å². The molecule has 2 atom stereocenters. The zero-order valence-corrected chi connectivity index (χ0v) is 16.4. The third kappa shape index (κ3) is 3.31. The highest BCUT2D eigenvalue weighted by atomic mass is 16.6. The smallest absolute Gasteiger partial charge is 0.331 e. The molecule has 0 radical (unpaired) electrons. The van der Waals surface area contributed by atoms with E-state index in [-0.39, 0.29) is 47.3 Å². The summed E-state index contributed by atoms with van der Waals surface area (Å²) >= 11 is 0. The number of anilines is 1. The second kappa shape index (κ2) is 6.18. The molecule has 8 heteroatoms. The highest BCUT2D eigenvalue weighted by Crippen LogP contribution is 2.52. The fraction of sp³-hybridized carbons (Fsp3) is 0.600. The lowest BCUT2D eigenvalue weighted by atomic mass is 9.65. The number of rotatable bonds is 3. The molecule has 2 unspecified atom stereocenters. The van der Waals surface area contributed by atoms with Gasteiger partial charge < -0.3 is 14.5 Å². The number of nitro groups is 1. The number of benzene rings is 1. The van der Waals surface area contributed by atoms with Crippen molar-refractivity contribution in [1.29, 1.82) is 0 Å². The number of non-ortho nitro benzene ring substituents is 1. The molecule has 8 nitrogen and oxygen atoms in total. The van der Waals surface area contributed by atoms with Crippen molar-refractivity contribution in [2.75, 3.05) is 24.5 Å². The Morgan fingerprint density at radius 3 is 2.79 bits per heavy atom. The van der Waals surface area contributed by atoms with Crippen molar-refractivity contribution in [1.82, 2.24) is 4.90 Å². The number of hydrogen-bond donors (Lipinski definition) is 0. The van der Waals surface area contributed by atoms with Gasteiger partial charge >= 0.3 is 5.97 Å². The normalized spacial score (nSPS) is 28.0. The number of fused-ring (bicyclic) bond motifs is 3. The van der Waals surface area contributed by atoms with Crippen LogP contribution in [0.5, 0.6) is 5.75 Å². The first-order valence-electron chi connectivity index (χ1n) is 9.59. The summed E-state index contributed by atoms with van der Waals surface area (Å²) in [5.41, 5.74) is 0.740. The molecule has 2 aliphatic heterocycles. The molecular formula is C20H25N3O5. The van der Waals surface area contributed by atoms with Crippen LogP contribution in [0.3, 0.4) is 0 Å². The van der Waals surface area contributed by atoms with Crippen LogP contribution in [0.25, 0.3) is 0 Å². The van der Waals surface area contributed by atoms with E-state index < -0.39 is 10.9 Å². The second-order valence-corrected chi connectivity index (χ2v) is 9.47. The Balaban J connectivity index is 1.55. The summed E-state index contributed by atoms with van der Waals surface area (Å²) in [5, 5.41) is 11.0. The molecule has 28 heavy (non-hydrogen) atoms. The molecule has 1 saturated carbocycles. The van der Waals surface area contributed by atoms with Crippen molar-refractivity contribution < 1.29 is 19.2 Å². The van der Waals surface area contributed by atoms with Gasteiger partial charge in [0.2, 0.25) is 5.91 Å². The molecule has 1 amide bonds. The van der Waals surface area contributed by atoms with E-state index in [4.69, 9.17) is 4.74 Å². The van der Waals surface area contributed by atoms with E-state index in [0.717, 1.165) is 25.8 Å². The lowest BCUT2D eigenvalue weighted by molar-refractivity contribution is -0.384. The number of carbonyl (C=O) groups excluding carboxylic acids is 2. The zero-order chi connectivity index (χ0) is 20.3. The maximum atomic E-state index is 13.1. The topological polar surface area (TPSA) is 93.0 Å². The van der Waals surface area contributed by atoms with Gasteiger partial charge in [-0.1, -0.05) is 20.8 Å². The molecule has 1 aliphatic carbocycles. The van der Waals surface area contributed by atoms with Crippen molar-refractivity contribution in [3.63, 3.8) is 0 Å². The molecule has 2 fully saturated rings.